The van der Waals surface area contributed by atoms with E-state index in [1.165, 1.54) is 4.88 Å². The Labute approximate surface area is 173 Å². The van der Waals surface area contributed by atoms with Crippen molar-refractivity contribution in [1.82, 2.24) is 14.9 Å². The van der Waals surface area contributed by atoms with Crippen molar-refractivity contribution in [2.45, 2.75) is 6.54 Å². The second-order valence-corrected chi connectivity index (χ2v) is 7.74. The Hall–Kier alpha value is -2.97. The topological polar surface area (TPSA) is 78.8 Å². The molecular formula is C21H22N4O3S. The molecule has 150 valence electrons. The van der Waals surface area contributed by atoms with Crippen LogP contribution in [0.15, 0.2) is 54.2 Å². The Bertz CT molecular complexity index is 942. The van der Waals surface area contributed by atoms with Crippen molar-refractivity contribution in [2.75, 3.05) is 37.7 Å². The van der Waals surface area contributed by atoms with Gasteiger partial charge in [0.15, 0.2) is 6.61 Å². The number of aromatic nitrogens is 2. The van der Waals surface area contributed by atoms with Gasteiger partial charge in [-0.05, 0) is 41.3 Å². The first kappa shape index (κ1) is 19.4. The molecule has 0 spiro atoms. The molecule has 2 aromatic heterocycles. The van der Waals surface area contributed by atoms with Crippen LogP contribution < -0.4 is 9.64 Å². The highest BCUT2D eigenvalue weighted by atomic mass is 32.1. The molecular weight excluding hydrogens is 388 g/mol. The van der Waals surface area contributed by atoms with Crippen molar-refractivity contribution < 1.29 is 14.6 Å². The van der Waals surface area contributed by atoms with Gasteiger partial charge in [0, 0.05) is 55.6 Å². The van der Waals surface area contributed by atoms with Crippen LogP contribution in [-0.2, 0) is 11.3 Å². The Kier molecular flexibility index (Phi) is 6.02. The summed E-state index contributed by atoms with van der Waals surface area (Å²) in [7, 11) is 0. The largest absolute Gasteiger partial charge is 0.482 e. The normalized spacial score (nSPS) is 14.7. The summed E-state index contributed by atoms with van der Waals surface area (Å²) in [6, 6.07) is 11.9. The number of nitrogens with zero attached hydrogens (tertiary/aromatic N) is 4. The lowest BCUT2D eigenvalue weighted by Gasteiger charge is -2.34. The lowest BCUT2D eigenvalue weighted by atomic mass is 10.1. The van der Waals surface area contributed by atoms with Gasteiger partial charge in [0.1, 0.15) is 5.75 Å². The van der Waals surface area contributed by atoms with Crippen molar-refractivity contribution in [2.24, 2.45) is 0 Å². The van der Waals surface area contributed by atoms with Crippen LogP contribution in [0.25, 0.3) is 10.4 Å². The smallest absolute Gasteiger partial charge is 0.341 e. The molecule has 0 atom stereocenters. The Balaban J connectivity index is 1.47. The van der Waals surface area contributed by atoms with E-state index in [2.05, 4.69) is 37.3 Å². The summed E-state index contributed by atoms with van der Waals surface area (Å²) in [6.07, 6.45) is 3.52. The van der Waals surface area contributed by atoms with Crippen LogP contribution in [0.3, 0.4) is 0 Å². The maximum absolute atomic E-state index is 10.9. The minimum absolute atomic E-state index is 0.343. The van der Waals surface area contributed by atoms with Crippen LogP contribution >= 0.6 is 11.3 Å². The molecule has 1 N–H and O–H groups in total. The summed E-state index contributed by atoms with van der Waals surface area (Å²) in [4.78, 5) is 25.3. The van der Waals surface area contributed by atoms with Gasteiger partial charge in [-0.2, -0.15) is 0 Å². The molecule has 1 aliphatic rings. The number of carboxylic acid groups (broad SMARTS) is 1. The fourth-order valence-corrected chi connectivity index (χ4v) is 4.10. The molecule has 3 aromatic rings. The number of aliphatic carboxylic acids is 1. The molecule has 1 aromatic carbocycles. The van der Waals surface area contributed by atoms with Crippen molar-refractivity contribution >= 4 is 23.3 Å². The number of ether oxygens (including phenoxy) is 1. The molecule has 7 nitrogen and oxygen atoms in total. The van der Waals surface area contributed by atoms with Gasteiger partial charge in [-0.25, -0.2) is 14.8 Å². The number of piperazine rings is 1. The minimum atomic E-state index is -0.977. The standard InChI is InChI=1S/C21H22N4O3S/c26-20(27)15-28-18-5-4-16(19-3-1-12-29-19)13-17(18)14-24-8-10-25(11-9-24)21-22-6-2-7-23-21/h1-7,12-13H,8-11,14-15H2,(H,26,27). The maximum atomic E-state index is 10.9. The fourth-order valence-electron chi connectivity index (χ4n) is 3.38. The third-order valence-electron chi connectivity index (χ3n) is 4.82. The molecule has 29 heavy (non-hydrogen) atoms. The van der Waals surface area contributed by atoms with Gasteiger partial charge >= 0.3 is 5.97 Å². The molecule has 8 heteroatoms. The van der Waals surface area contributed by atoms with Crippen LogP contribution in [0.1, 0.15) is 5.56 Å². The summed E-state index contributed by atoms with van der Waals surface area (Å²) >= 11 is 1.68. The number of carboxylic acids is 1. The van der Waals surface area contributed by atoms with E-state index in [1.807, 2.05) is 24.3 Å². The zero-order valence-electron chi connectivity index (χ0n) is 15.9. The predicted octanol–water partition coefficient (Wildman–Crippen LogP) is 2.99. The first-order valence-electron chi connectivity index (χ1n) is 9.45. The van der Waals surface area contributed by atoms with Crippen LogP contribution in [0.5, 0.6) is 5.75 Å². The van der Waals surface area contributed by atoms with E-state index in [4.69, 9.17) is 9.84 Å². The summed E-state index contributed by atoms with van der Waals surface area (Å²) in [6.45, 7) is 3.81. The molecule has 1 fully saturated rings. The molecule has 1 saturated heterocycles. The number of rotatable bonds is 7. The van der Waals surface area contributed by atoms with Crippen molar-refractivity contribution in [3.05, 3.63) is 59.7 Å². The fraction of sp³-hybridized carbons (Fsp3) is 0.286. The highest BCUT2D eigenvalue weighted by Crippen LogP contribution is 2.30. The van der Waals surface area contributed by atoms with E-state index in [-0.39, 0.29) is 6.61 Å². The number of benzene rings is 1. The third-order valence-corrected chi connectivity index (χ3v) is 5.74. The Morgan fingerprint density at radius 1 is 1.10 bits per heavy atom. The summed E-state index contributed by atoms with van der Waals surface area (Å²) in [5.74, 6) is 0.411. The van der Waals surface area contributed by atoms with Gasteiger partial charge in [0.2, 0.25) is 5.95 Å². The molecule has 0 aliphatic carbocycles. The number of anilines is 1. The quantitative estimate of drug-likeness (QED) is 0.641. The molecule has 0 unspecified atom stereocenters. The zero-order valence-corrected chi connectivity index (χ0v) is 16.7. The minimum Gasteiger partial charge on any atom is -0.482 e. The maximum Gasteiger partial charge on any atom is 0.341 e. The van der Waals surface area contributed by atoms with E-state index < -0.39 is 5.97 Å². The van der Waals surface area contributed by atoms with Crippen molar-refractivity contribution in [1.29, 1.82) is 0 Å². The van der Waals surface area contributed by atoms with Gasteiger partial charge in [-0.15, -0.1) is 11.3 Å². The van der Waals surface area contributed by atoms with E-state index in [0.717, 1.165) is 43.3 Å². The number of thiophene rings is 1. The molecule has 0 amide bonds. The molecule has 1 aliphatic heterocycles. The van der Waals surface area contributed by atoms with Gasteiger partial charge < -0.3 is 14.7 Å². The predicted molar refractivity (Wildman–Crippen MR) is 112 cm³/mol. The lowest BCUT2D eigenvalue weighted by Crippen LogP contribution is -2.46. The highest BCUT2D eigenvalue weighted by Gasteiger charge is 2.20. The monoisotopic (exact) mass is 410 g/mol. The summed E-state index contributed by atoms with van der Waals surface area (Å²) in [5.41, 5.74) is 2.12. The number of hydrogen-bond acceptors (Lipinski definition) is 7. The average molecular weight is 410 g/mol. The van der Waals surface area contributed by atoms with Crippen molar-refractivity contribution in [3.8, 4) is 16.2 Å². The van der Waals surface area contributed by atoms with Crippen LogP contribution in [-0.4, -0.2) is 58.7 Å². The third kappa shape index (κ3) is 4.90. The number of hydrogen-bond donors (Lipinski definition) is 1. The summed E-state index contributed by atoms with van der Waals surface area (Å²) < 4.78 is 5.55. The first-order chi connectivity index (χ1) is 14.2. The Morgan fingerprint density at radius 2 is 1.90 bits per heavy atom. The Morgan fingerprint density at radius 3 is 2.59 bits per heavy atom. The highest BCUT2D eigenvalue weighted by molar-refractivity contribution is 7.13. The zero-order chi connectivity index (χ0) is 20.1. The van der Waals surface area contributed by atoms with E-state index in [9.17, 15) is 4.79 Å². The van der Waals surface area contributed by atoms with E-state index >= 15 is 0 Å². The number of carbonyl (C=O) groups is 1. The van der Waals surface area contributed by atoms with Gasteiger partial charge in [0.25, 0.3) is 0 Å². The summed E-state index contributed by atoms with van der Waals surface area (Å²) in [5, 5.41) is 11.0. The van der Waals surface area contributed by atoms with Gasteiger partial charge in [-0.3, -0.25) is 4.90 Å². The molecule has 4 rings (SSSR count). The lowest BCUT2D eigenvalue weighted by molar-refractivity contribution is -0.139. The SMILES string of the molecule is O=C(O)COc1ccc(-c2cccs2)cc1CN1CCN(c2ncccn2)CC1. The van der Waals surface area contributed by atoms with Crippen LogP contribution in [0, 0.1) is 0 Å². The van der Waals surface area contributed by atoms with Crippen molar-refractivity contribution in [3.63, 3.8) is 0 Å². The van der Waals surface area contributed by atoms with Crippen LogP contribution in [0.4, 0.5) is 5.95 Å². The molecule has 3 heterocycles. The second-order valence-electron chi connectivity index (χ2n) is 6.79. The molecule has 0 bridgehead atoms. The average Bonchev–Trinajstić information content (AvgIpc) is 3.29. The van der Waals surface area contributed by atoms with E-state index in [0.29, 0.717) is 12.3 Å². The first-order valence-corrected chi connectivity index (χ1v) is 10.3. The molecule has 0 saturated carbocycles. The van der Waals surface area contributed by atoms with Gasteiger partial charge in [-0.1, -0.05) is 6.07 Å². The van der Waals surface area contributed by atoms with Gasteiger partial charge in [0.05, 0.1) is 0 Å². The second kappa shape index (κ2) is 9.02. The van der Waals surface area contributed by atoms with E-state index in [1.54, 1.807) is 23.7 Å². The van der Waals surface area contributed by atoms with Crippen LogP contribution in [0.2, 0.25) is 0 Å². The molecule has 0 radical (unpaired) electrons.